The Hall–Kier alpha value is -5.24. The van der Waals surface area contributed by atoms with Gasteiger partial charge in [-0.25, -0.2) is 14.2 Å². The van der Waals surface area contributed by atoms with Crippen LogP contribution in [-0.4, -0.2) is 23.8 Å². The van der Waals surface area contributed by atoms with E-state index in [1.54, 1.807) is 48.5 Å². The molecule has 6 rings (SSSR count). The number of anilines is 2. The SMILES string of the molecule is Cc1cccc(NC(=O)NC2N=C(c3ccccc3F)c3ccccc3N(Cc3cc4ccccc4o3)C2=O)c1. The van der Waals surface area contributed by atoms with Gasteiger partial charge in [0.2, 0.25) is 6.17 Å². The monoisotopic (exact) mass is 532 g/mol. The molecule has 0 radical (unpaired) electrons. The molecule has 40 heavy (non-hydrogen) atoms. The number of urea groups is 1. The van der Waals surface area contributed by atoms with Gasteiger partial charge in [0.15, 0.2) is 0 Å². The molecular formula is C32H25FN4O3. The lowest BCUT2D eigenvalue weighted by atomic mass is 9.99. The highest BCUT2D eigenvalue weighted by Gasteiger charge is 2.34. The lowest BCUT2D eigenvalue weighted by molar-refractivity contribution is -0.120. The van der Waals surface area contributed by atoms with Crippen molar-refractivity contribution in [3.05, 3.63) is 131 Å². The molecule has 1 aliphatic heterocycles. The number of aliphatic imine (C=N–C) groups is 1. The highest BCUT2D eigenvalue weighted by molar-refractivity contribution is 6.20. The van der Waals surface area contributed by atoms with Gasteiger partial charge in [-0.3, -0.25) is 4.79 Å². The number of carbonyl (C=O) groups is 2. The van der Waals surface area contributed by atoms with E-state index in [4.69, 9.17) is 4.42 Å². The summed E-state index contributed by atoms with van der Waals surface area (Å²) in [5, 5.41) is 6.36. The van der Waals surface area contributed by atoms with E-state index >= 15 is 4.39 Å². The minimum Gasteiger partial charge on any atom is -0.459 e. The van der Waals surface area contributed by atoms with Crippen LogP contribution >= 0.6 is 0 Å². The highest BCUT2D eigenvalue weighted by atomic mass is 19.1. The van der Waals surface area contributed by atoms with Gasteiger partial charge in [0, 0.05) is 22.2 Å². The summed E-state index contributed by atoms with van der Waals surface area (Å²) in [6.07, 6.45) is -1.34. The van der Waals surface area contributed by atoms with Gasteiger partial charge in [-0.05, 0) is 55.0 Å². The minimum absolute atomic E-state index is 0.0856. The van der Waals surface area contributed by atoms with E-state index in [9.17, 15) is 9.59 Å². The quantitative estimate of drug-likeness (QED) is 0.274. The molecule has 1 atom stereocenters. The molecule has 2 heterocycles. The summed E-state index contributed by atoms with van der Waals surface area (Å²) in [5.41, 5.74) is 3.80. The molecule has 1 unspecified atom stereocenters. The van der Waals surface area contributed by atoms with Crippen LogP contribution in [0.15, 0.2) is 113 Å². The second-order valence-electron chi connectivity index (χ2n) is 9.52. The standard InChI is InChI=1S/C32H25FN4O3/c1-20-9-8-11-22(17-20)34-32(39)36-30-31(38)37(19-23-18-21-10-2-7-16-28(21)40-23)27-15-6-4-13-25(27)29(35-30)24-12-3-5-14-26(24)33/h2-18,30H,19H2,1H3,(H2,34,36,39). The van der Waals surface area contributed by atoms with E-state index in [0.29, 0.717) is 28.3 Å². The van der Waals surface area contributed by atoms with Crippen LogP contribution in [0, 0.1) is 12.7 Å². The third-order valence-electron chi connectivity index (χ3n) is 6.67. The molecule has 4 aromatic carbocycles. The number of nitrogens with one attached hydrogen (secondary N) is 2. The van der Waals surface area contributed by atoms with Crippen molar-refractivity contribution < 1.29 is 18.4 Å². The molecular weight excluding hydrogens is 507 g/mol. The van der Waals surface area contributed by atoms with E-state index in [2.05, 4.69) is 15.6 Å². The van der Waals surface area contributed by atoms with Crippen molar-refractivity contribution in [3.8, 4) is 0 Å². The molecule has 198 valence electrons. The maximum Gasteiger partial charge on any atom is 0.321 e. The molecule has 1 aromatic heterocycles. The van der Waals surface area contributed by atoms with Crippen molar-refractivity contribution in [3.63, 3.8) is 0 Å². The lowest BCUT2D eigenvalue weighted by Gasteiger charge is -2.24. The van der Waals surface area contributed by atoms with Gasteiger partial charge >= 0.3 is 6.03 Å². The molecule has 0 spiro atoms. The number of hydrogen-bond donors (Lipinski definition) is 2. The molecule has 0 fully saturated rings. The van der Waals surface area contributed by atoms with Gasteiger partial charge in [0.1, 0.15) is 17.2 Å². The summed E-state index contributed by atoms with van der Waals surface area (Å²) >= 11 is 0. The molecule has 1 aliphatic rings. The van der Waals surface area contributed by atoms with Gasteiger partial charge in [0.25, 0.3) is 5.91 Å². The number of amides is 3. The summed E-state index contributed by atoms with van der Waals surface area (Å²) in [5.74, 6) is -0.419. The molecule has 5 aromatic rings. The number of halogens is 1. The minimum atomic E-state index is -1.34. The number of fused-ring (bicyclic) bond motifs is 2. The number of carbonyl (C=O) groups excluding carboxylic acids is 2. The molecule has 7 nitrogen and oxygen atoms in total. The fourth-order valence-electron chi connectivity index (χ4n) is 4.84. The predicted molar refractivity (Wildman–Crippen MR) is 153 cm³/mol. The van der Waals surface area contributed by atoms with Gasteiger partial charge in [0.05, 0.1) is 17.9 Å². The van der Waals surface area contributed by atoms with Crippen LogP contribution in [0.2, 0.25) is 0 Å². The fourth-order valence-corrected chi connectivity index (χ4v) is 4.84. The van der Waals surface area contributed by atoms with Crippen LogP contribution < -0.4 is 15.5 Å². The maximum atomic E-state index is 15.1. The van der Waals surface area contributed by atoms with Crippen LogP contribution in [0.25, 0.3) is 11.0 Å². The first-order valence-corrected chi connectivity index (χ1v) is 12.8. The summed E-state index contributed by atoms with van der Waals surface area (Å²) < 4.78 is 21.1. The molecule has 0 aliphatic carbocycles. The molecule has 2 N–H and O–H groups in total. The molecule has 3 amide bonds. The number of rotatable bonds is 5. The molecule has 0 bridgehead atoms. The average molecular weight is 533 g/mol. The van der Waals surface area contributed by atoms with Crippen LogP contribution in [0.1, 0.15) is 22.5 Å². The number of aryl methyl sites for hydroxylation is 1. The van der Waals surface area contributed by atoms with E-state index < -0.39 is 23.9 Å². The van der Waals surface area contributed by atoms with E-state index in [1.807, 2.05) is 55.5 Å². The fraction of sp³-hybridized carbons (Fsp3) is 0.0938. The second kappa shape index (κ2) is 10.5. The Balaban J connectivity index is 1.42. The van der Waals surface area contributed by atoms with Crippen molar-refractivity contribution in [2.45, 2.75) is 19.6 Å². The predicted octanol–water partition coefficient (Wildman–Crippen LogP) is 6.41. The zero-order valence-corrected chi connectivity index (χ0v) is 21.6. The van der Waals surface area contributed by atoms with Gasteiger partial charge in [-0.2, -0.15) is 0 Å². The number of benzodiazepines with no additional fused rings is 1. The van der Waals surface area contributed by atoms with E-state index in [0.717, 1.165) is 10.9 Å². The van der Waals surface area contributed by atoms with E-state index in [1.165, 1.54) is 11.0 Å². The average Bonchev–Trinajstić information content (AvgIpc) is 3.33. The van der Waals surface area contributed by atoms with Crippen molar-refractivity contribution in [2.75, 3.05) is 10.2 Å². The Labute approximate surface area is 230 Å². The smallest absolute Gasteiger partial charge is 0.321 e. The van der Waals surface area contributed by atoms with Crippen molar-refractivity contribution in [1.82, 2.24) is 5.32 Å². The Morgan fingerprint density at radius 1 is 0.925 bits per heavy atom. The number of furan rings is 1. The first-order valence-electron chi connectivity index (χ1n) is 12.8. The summed E-state index contributed by atoms with van der Waals surface area (Å²) in [7, 11) is 0. The first-order chi connectivity index (χ1) is 19.5. The first kappa shape index (κ1) is 25.1. The van der Waals surface area contributed by atoms with Crippen molar-refractivity contribution >= 4 is 40.0 Å². The number of hydrogen-bond acceptors (Lipinski definition) is 4. The van der Waals surface area contributed by atoms with Crippen LogP contribution in [0.4, 0.5) is 20.6 Å². The largest absolute Gasteiger partial charge is 0.459 e. The Bertz CT molecular complexity index is 1740. The highest BCUT2D eigenvalue weighted by Crippen LogP contribution is 2.31. The van der Waals surface area contributed by atoms with Gasteiger partial charge < -0.3 is 20.0 Å². The zero-order chi connectivity index (χ0) is 27.6. The zero-order valence-electron chi connectivity index (χ0n) is 21.6. The lowest BCUT2D eigenvalue weighted by Crippen LogP contribution is -2.48. The van der Waals surface area contributed by atoms with Crippen LogP contribution in [-0.2, 0) is 11.3 Å². The molecule has 0 saturated heterocycles. The molecule has 0 saturated carbocycles. The Morgan fingerprint density at radius 3 is 2.48 bits per heavy atom. The summed E-state index contributed by atoms with van der Waals surface area (Å²) in [6.45, 7) is 2.00. The van der Waals surface area contributed by atoms with Crippen molar-refractivity contribution in [2.24, 2.45) is 4.99 Å². The summed E-state index contributed by atoms with van der Waals surface area (Å²) in [4.78, 5) is 33.3. The van der Waals surface area contributed by atoms with Gasteiger partial charge in [-0.15, -0.1) is 0 Å². The number of nitrogens with zero attached hydrogens (tertiary/aromatic N) is 2. The van der Waals surface area contributed by atoms with E-state index in [-0.39, 0.29) is 17.8 Å². The molecule has 8 heteroatoms. The van der Waals surface area contributed by atoms with Crippen molar-refractivity contribution in [1.29, 1.82) is 0 Å². The normalized spacial score (nSPS) is 14.8. The number of benzene rings is 4. The second-order valence-corrected chi connectivity index (χ2v) is 9.52. The Kier molecular flexibility index (Phi) is 6.57. The van der Waals surface area contributed by atoms with Crippen LogP contribution in [0.5, 0.6) is 0 Å². The number of para-hydroxylation sites is 2. The summed E-state index contributed by atoms with van der Waals surface area (Å²) in [6, 6.07) is 29.5. The van der Waals surface area contributed by atoms with Gasteiger partial charge in [-0.1, -0.05) is 60.7 Å². The topological polar surface area (TPSA) is 86.9 Å². The van der Waals surface area contributed by atoms with Crippen LogP contribution in [0.3, 0.4) is 0 Å². The third-order valence-corrected chi connectivity index (χ3v) is 6.67. The maximum absolute atomic E-state index is 15.1. The Morgan fingerprint density at radius 2 is 1.68 bits per heavy atom. The third kappa shape index (κ3) is 4.94.